The molecule has 1 atom stereocenters. The van der Waals surface area contributed by atoms with E-state index in [0.29, 0.717) is 18.8 Å². The van der Waals surface area contributed by atoms with Crippen molar-refractivity contribution in [2.24, 2.45) is 0 Å². The molecule has 0 heterocycles. The molecule has 2 N–H and O–H groups in total. The highest BCUT2D eigenvalue weighted by molar-refractivity contribution is 5.89. The van der Waals surface area contributed by atoms with Crippen LogP contribution in [0.3, 0.4) is 0 Å². The van der Waals surface area contributed by atoms with Gasteiger partial charge in [-0.3, -0.25) is 9.69 Å². The second-order valence-electron chi connectivity index (χ2n) is 7.00. The van der Waals surface area contributed by atoms with Crippen LogP contribution in [0.15, 0.2) is 12.2 Å². The van der Waals surface area contributed by atoms with Gasteiger partial charge in [-0.15, -0.1) is 0 Å². The summed E-state index contributed by atoms with van der Waals surface area (Å²) >= 11 is 0. The Morgan fingerprint density at radius 2 is 1.21 bits per heavy atom. The lowest BCUT2D eigenvalue weighted by Crippen LogP contribution is -2.34. The van der Waals surface area contributed by atoms with E-state index in [1.807, 2.05) is 25.9 Å². The Labute approximate surface area is 169 Å². The Balaban J connectivity index is 0. The smallest absolute Gasteiger partial charge is 0.328 e. The molecule has 0 rings (SSSR count). The fourth-order valence-electron chi connectivity index (χ4n) is 2.24. The van der Waals surface area contributed by atoms with Gasteiger partial charge in [0.1, 0.15) is 6.04 Å². The van der Waals surface area contributed by atoms with Crippen LogP contribution in [0.4, 0.5) is 0 Å². The molecule has 7 heteroatoms. The van der Waals surface area contributed by atoms with Gasteiger partial charge in [-0.1, -0.05) is 64.7 Å². The first-order chi connectivity index (χ1) is 13.2. The van der Waals surface area contributed by atoms with Crippen LogP contribution in [0, 0.1) is 0 Å². The highest BCUT2D eigenvalue weighted by Gasteiger charge is 2.15. The van der Waals surface area contributed by atoms with Gasteiger partial charge in [-0.05, 0) is 27.4 Å². The summed E-state index contributed by atoms with van der Waals surface area (Å²) < 4.78 is 5.26. The Bertz CT molecular complexity index is 432. The van der Waals surface area contributed by atoms with Crippen molar-refractivity contribution in [1.29, 1.82) is 0 Å². The first-order valence-corrected chi connectivity index (χ1v) is 10.2. The number of carboxylic acid groups (broad SMARTS) is 2. The number of nitrogens with zero attached hydrogens (tertiary/aromatic N) is 1. The summed E-state index contributed by atoms with van der Waals surface area (Å²) in [6.07, 6.45) is 14.1. The van der Waals surface area contributed by atoms with Crippen molar-refractivity contribution in [2.75, 3.05) is 20.7 Å². The Morgan fingerprint density at radius 3 is 1.57 bits per heavy atom. The van der Waals surface area contributed by atoms with Crippen LogP contribution in [-0.4, -0.2) is 59.8 Å². The van der Waals surface area contributed by atoms with Crippen molar-refractivity contribution in [3.63, 3.8) is 0 Å². The zero-order valence-electron chi connectivity index (χ0n) is 18.0. The van der Waals surface area contributed by atoms with Crippen molar-refractivity contribution in [2.45, 2.75) is 84.1 Å². The van der Waals surface area contributed by atoms with Gasteiger partial charge in [0.2, 0.25) is 0 Å². The normalized spacial score (nSPS) is 11.8. The minimum absolute atomic E-state index is 0.106. The zero-order chi connectivity index (χ0) is 21.8. The van der Waals surface area contributed by atoms with Crippen LogP contribution < -0.4 is 0 Å². The highest BCUT2D eigenvalue weighted by atomic mass is 16.5. The molecule has 0 spiro atoms. The Hall–Kier alpha value is -1.89. The maximum atomic E-state index is 11.6. The van der Waals surface area contributed by atoms with Crippen molar-refractivity contribution in [1.82, 2.24) is 4.90 Å². The van der Waals surface area contributed by atoms with Crippen LogP contribution in [0.2, 0.25) is 0 Å². The first kappa shape index (κ1) is 28.3. The molecule has 0 saturated heterocycles. The lowest BCUT2D eigenvalue weighted by atomic mass is 10.1. The number of carbonyl (C=O) groups is 3. The number of aliphatic carboxylic acids is 2. The van der Waals surface area contributed by atoms with E-state index in [4.69, 9.17) is 14.9 Å². The second-order valence-corrected chi connectivity index (χ2v) is 7.00. The molecule has 0 aromatic carbocycles. The summed E-state index contributed by atoms with van der Waals surface area (Å²) in [6.45, 7) is 4.71. The predicted octanol–water partition coefficient (Wildman–Crippen LogP) is 4.11. The van der Waals surface area contributed by atoms with Crippen LogP contribution >= 0.6 is 0 Å². The number of carboxylic acids is 2. The lowest BCUT2D eigenvalue weighted by Gasteiger charge is -2.17. The van der Waals surface area contributed by atoms with E-state index in [9.17, 15) is 14.4 Å². The van der Waals surface area contributed by atoms with E-state index >= 15 is 0 Å². The van der Waals surface area contributed by atoms with Gasteiger partial charge in [0.05, 0.1) is 6.61 Å². The number of likely N-dealkylation sites (N-methyl/N-ethyl adjacent to an activating group) is 1. The summed E-state index contributed by atoms with van der Waals surface area (Å²) in [5.41, 5.74) is 0. The predicted molar refractivity (Wildman–Crippen MR) is 110 cm³/mol. The van der Waals surface area contributed by atoms with Crippen LogP contribution in [0.1, 0.15) is 78.1 Å². The highest BCUT2D eigenvalue weighted by Crippen LogP contribution is 2.10. The van der Waals surface area contributed by atoms with Crippen LogP contribution in [0.25, 0.3) is 0 Å². The molecular formula is C21H39NO6. The molecule has 0 saturated carbocycles. The standard InChI is InChI=1S/C17H35NO2.C4H4O4/c1-5-6-7-8-9-10-11-12-13-14-15-20-17(19)16(2)18(3)4;5-3(6)1-2-4(7)8/h16H,5-15H2,1-4H3;1-2H,(H,5,6)(H,7,8)/b;2-1-. The van der Waals surface area contributed by atoms with Gasteiger partial charge < -0.3 is 14.9 Å². The van der Waals surface area contributed by atoms with Gasteiger partial charge in [0, 0.05) is 12.2 Å². The number of ether oxygens (including phenoxy) is 1. The van der Waals surface area contributed by atoms with Crippen molar-refractivity contribution < 1.29 is 29.3 Å². The number of hydrogen-bond acceptors (Lipinski definition) is 5. The second kappa shape index (κ2) is 19.9. The third-order valence-electron chi connectivity index (χ3n) is 4.23. The molecule has 0 aromatic heterocycles. The quantitative estimate of drug-likeness (QED) is 0.242. The molecule has 0 aliphatic carbocycles. The molecule has 0 aliphatic rings. The molecule has 0 radical (unpaired) electrons. The number of hydrogen-bond donors (Lipinski definition) is 2. The minimum atomic E-state index is -1.26. The molecule has 28 heavy (non-hydrogen) atoms. The third-order valence-corrected chi connectivity index (χ3v) is 4.23. The summed E-state index contributed by atoms with van der Waals surface area (Å²) in [4.78, 5) is 32.6. The fraction of sp³-hybridized carbons (Fsp3) is 0.762. The van der Waals surface area contributed by atoms with Crippen molar-refractivity contribution >= 4 is 17.9 Å². The molecule has 0 amide bonds. The molecule has 0 aromatic rings. The molecule has 0 aliphatic heterocycles. The van der Waals surface area contributed by atoms with Crippen molar-refractivity contribution in [3.05, 3.63) is 12.2 Å². The SMILES string of the molecule is CCCCCCCCCCCCOC(=O)C(C)N(C)C.O=C(O)/C=C\C(=O)O. The maximum Gasteiger partial charge on any atom is 0.328 e. The maximum absolute atomic E-state index is 11.6. The number of rotatable bonds is 15. The molecule has 1 unspecified atom stereocenters. The van der Waals surface area contributed by atoms with E-state index in [-0.39, 0.29) is 12.0 Å². The average molecular weight is 402 g/mol. The van der Waals surface area contributed by atoms with E-state index in [0.717, 1.165) is 6.42 Å². The number of carbonyl (C=O) groups excluding carboxylic acids is 1. The lowest BCUT2D eigenvalue weighted by molar-refractivity contribution is -0.148. The van der Waals surface area contributed by atoms with Gasteiger partial charge in [0.25, 0.3) is 0 Å². The fourth-order valence-corrected chi connectivity index (χ4v) is 2.24. The van der Waals surface area contributed by atoms with Gasteiger partial charge in [-0.25, -0.2) is 9.59 Å². The third kappa shape index (κ3) is 22.2. The summed E-state index contributed by atoms with van der Waals surface area (Å²) in [6, 6.07) is -0.141. The summed E-state index contributed by atoms with van der Waals surface area (Å²) in [5.74, 6) is -2.62. The topological polar surface area (TPSA) is 104 Å². The van der Waals surface area contributed by atoms with E-state index in [1.165, 1.54) is 57.8 Å². The largest absolute Gasteiger partial charge is 0.478 e. The monoisotopic (exact) mass is 401 g/mol. The Kier molecular flexibility index (Phi) is 20.1. The van der Waals surface area contributed by atoms with E-state index in [2.05, 4.69) is 6.92 Å². The summed E-state index contributed by atoms with van der Waals surface area (Å²) in [5, 5.41) is 15.6. The number of esters is 1. The van der Waals surface area contributed by atoms with Crippen LogP contribution in [0.5, 0.6) is 0 Å². The molecule has 7 nitrogen and oxygen atoms in total. The minimum Gasteiger partial charge on any atom is -0.478 e. The van der Waals surface area contributed by atoms with Gasteiger partial charge in [0.15, 0.2) is 0 Å². The molecule has 0 fully saturated rings. The van der Waals surface area contributed by atoms with E-state index < -0.39 is 11.9 Å². The van der Waals surface area contributed by atoms with Gasteiger partial charge in [-0.2, -0.15) is 0 Å². The van der Waals surface area contributed by atoms with Crippen LogP contribution in [-0.2, 0) is 19.1 Å². The number of unbranched alkanes of at least 4 members (excludes halogenated alkanes) is 9. The van der Waals surface area contributed by atoms with E-state index in [1.54, 1.807) is 0 Å². The Morgan fingerprint density at radius 1 is 0.821 bits per heavy atom. The molecule has 164 valence electrons. The molecule has 0 bridgehead atoms. The average Bonchev–Trinajstić information content (AvgIpc) is 2.64. The van der Waals surface area contributed by atoms with Gasteiger partial charge >= 0.3 is 17.9 Å². The van der Waals surface area contributed by atoms with Crippen molar-refractivity contribution in [3.8, 4) is 0 Å². The first-order valence-electron chi connectivity index (χ1n) is 10.2. The molecular weight excluding hydrogens is 362 g/mol. The zero-order valence-corrected chi connectivity index (χ0v) is 18.0. The summed E-state index contributed by atoms with van der Waals surface area (Å²) in [7, 11) is 3.79.